The summed E-state index contributed by atoms with van der Waals surface area (Å²) in [7, 11) is 0. The van der Waals surface area contributed by atoms with Crippen molar-refractivity contribution in [1.82, 2.24) is 24.1 Å². The zero-order valence-corrected chi connectivity index (χ0v) is 12.9. The van der Waals surface area contributed by atoms with Crippen molar-refractivity contribution in [2.24, 2.45) is 0 Å². The zero-order chi connectivity index (χ0) is 17.2. The van der Waals surface area contributed by atoms with Crippen LogP contribution in [-0.4, -0.2) is 30.0 Å². The molecule has 0 bridgehead atoms. The highest BCUT2D eigenvalue weighted by molar-refractivity contribution is 5.91. The van der Waals surface area contributed by atoms with Crippen LogP contribution in [0.3, 0.4) is 0 Å². The highest BCUT2D eigenvalue weighted by Crippen LogP contribution is 2.12. The summed E-state index contributed by atoms with van der Waals surface area (Å²) in [6.45, 7) is -0.168. The summed E-state index contributed by atoms with van der Waals surface area (Å²) in [5, 5.41) is 2.65. The second kappa shape index (κ2) is 6.04. The van der Waals surface area contributed by atoms with E-state index in [1.807, 2.05) is 0 Å². The average molecular weight is 336 g/mol. The topological polar surface area (TPSA) is 108 Å². The minimum absolute atomic E-state index is 0.168. The fourth-order valence-corrected chi connectivity index (χ4v) is 2.40. The van der Waals surface area contributed by atoms with Gasteiger partial charge in [-0.05, 0) is 12.1 Å². The number of aromatic nitrogens is 5. The minimum Gasteiger partial charge on any atom is -0.408 e. The molecule has 0 aliphatic heterocycles. The van der Waals surface area contributed by atoms with Crippen molar-refractivity contribution in [3.8, 4) is 5.95 Å². The van der Waals surface area contributed by atoms with Crippen molar-refractivity contribution < 1.29 is 9.21 Å². The average Bonchev–Trinajstić information content (AvgIpc) is 3.25. The summed E-state index contributed by atoms with van der Waals surface area (Å²) in [5.41, 5.74) is 1.43. The van der Waals surface area contributed by atoms with E-state index in [-0.39, 0.29) is 12.5 Å². The highest BCUT2D eigenvalue weighted by Gasteiger charge is 2.12. The Morgan fingerprint density at radius 2 is 2.00 bits per heavy atom. The molecule has 0 saturated carbocycles. The Morgan fingerprint density at radius 1 is 1.20 bits per heavy atom. The first-order valence-corrected chi connectivity index (χ1v) is 7.39. The molecule has 124 valence electrons. The molecule has 1 N–H and O–H groups in total. The number of para-hydroxylation sites is 2. The minimum atomic E-state index is -0.581. The Hall–Kier alpha value is -3.75. The largest absolute Gasteiger partial charge is 0.420 e. The van der Waals surface area contributed by atoms with Crippen molar-refractivity contribution in [2.45, 2.75) is 6.54 Å². The van der Waals surface area contributed by atoms with Gasteiger partial charge in [0.1, 0.15) is 12.9 Å². The smallest absolute Gasteiger partial charge is 0.408 e. The van der Waals surface area contributed by atoms with Gasteiger partial charge >= 0.3 is 5.76 Å². The van der Waals surface area contributed by atoms with Gasteiger partial charge < -0.3 is 9.73 Å². The third kappa shape index (κ3) is 2.90. The molecule has 9 heteroatoms. The van der Waals surface area contributed by atoms with E-state index < -0.39 is 5.76 Å². The Balaban J connectivity index is 1.50. The van der Waals surface area contributed by atoms with Crippen LogP contribution in [-0.2, 0) is 11.3 Å². The lowest BCUT2D eigenvalue weighted by Crippen LogP contribution is -2.24. The monoisotopic (exact) mass is 336 g/mol. The Morgan fingerprint density at radius 3 is 2.76 bits per heavy atom. The van der Waals surface area contributed by atoms with Crippen molar-refractivity contribution >= 4 is 22.7 Å². The third-order valence-electron chi connectivity index (χ3n) is 3.53. The molecular formula is C16H12N6O3. The number of benzene rings is 1. The number of nitrogens with one attached hydrogen (secondary N) is 1. The lowest BCUT2D eigenvalue weighted by atomic mass is 10.3. The predicted molar refractivity (Wildman–Crippen MR) is 88.3 cm³/mol. The van der Waals surface area contributed by atoms with Crippen LogP contribution in [0.2, 0.25) is 0 Å². The maximum atomic E-state index is 12.2. The zero-order valence-electron chi connectivity index (χ0n) is 12.9. The van der Waals surface area contributed by atoms with E-state index in [0.717, 1.165) is 0 Å². The maximum absolute atomic E-state index is 12.2. The highest BCUT2D eigenvalue weighted by atomic mass is 16.4. The molecule has 25 heavy (non-hydrogen) atoms. The number of oxazole rings is 1. The summed E-state index contributed by atoms with van der Waals surface area (Å²) < 4.78 is 8.01. The molecule has 0 spiro atoms. The first-order valence-electron chi connectivity index (χ1n) is 7.39. The van der Waals surface area contributed by atoms with Gasteiger partial charge in [-0.15, -0.1) is 0 Å². The van der Waals surface area contributed by atoms with Crippen LogP contribution in [0.25, 0.3) is 17.0 Å². The van der Waals surface area contributed by atoms with Crippen LogP contribution >= 0.6 is 0 Å². The Kier molecular flexibility index (Phi) is 3.58. The number of carbonyl (C=O) groups is 1. The van der Waals surface area contributed by atoms with Crippen LogP contribution in [0.15, 0.2) is 64.6 Å². The third-order valence-corrected chi connectivity index (χ3v) is 3.53. The molecule has 4 rings (SSSR count). The number of carbonyl (C=O) groups excluding carboxylic acids is 1. The standard InChI is InChI=1S/C16H12N6O3/c23-14(9-22-12-3-1-2-4-13(12)25-16(22)24)20-11-7-18-15(19-8-11)21-6-5-17-10-21/h1-8,10H,9H2,(H,20,23). The quantitative estimate of drug-likeness (QED) is 0.600. The fourth-order valence-electron chi connectivity index (χ4n) is 2.40. The molecule has 3 heterocycles. The molecule has 1 aromatic carbocycles. The summed E-state index contributed by atoms with van der Waals surface area (Å²) in [5.74, 6) is -0.525. The first kappa shape index (κ1) is 14.8. The molecule has 0 unspecified atom stereocenters. The Labute approximate surface area is 140 Å². The second-order valence-corrected chi connectivity index (χ2v) is 5.21. The molecule has 0 aliphatic rings. The molecule has 0 radical (unpaired) electrons. The maximum Gasteiger partial charge on any atom is 0.420 e. The van der Waals surface area contributed by atoms with Gasteiger partial charge in [-0.1, -0.05) is 12.1 Å². The van der Waals surface area contributed by atoms with E-state index in [1.165, 1.54) is 17.0 Å². The Bertz CT molecular complexity index is 1080. The molecular weight excluding hydrogens is 324 g/mol. The molecule has 4 aromatic rings. The van der Waals surface area contributed by atoms with Gasteiger partial charge in [-0.3, -0.25) is 13.9 Å². The summed E-state index contributed by atoms with van der Waals surface area (Å²) >= 11 is 0. The number of hydrogen-bond donors (Lipinski definition) is 1. The van der Waals surface area contributed by atoms with Gasteiger partial charge in [0.05, 0.1) is 23.6 Å². The van der Waals surface area contributed by atoms with Crippen molar-refractivity contribution in [1.29, 1.82) is 0 Å². The molecule has 0 aliphatic carbocycles. The van der Waals surface area contributed by atoms with E-state index in [2.05, 4.69) is 20.3 Å². The summed E-state index contributed by atoms with van der Waals surface area (Å²) in [4.78, 5) is 36.3. The van der Waals surface area contributed by atoms with Gasteiger partial charge in [0.2, 0.25) is 11.9 Å². The number of anilines is 1. The van der Waals surface area contributed by atoms with E-state index >= 15 is 0 Å². The van der Waals surface area contributed by atoms with Gasteiger partial charge in [0, 0.05) is 12.4 Å². The molecule has 9 nitrogen and oxygen atoms in total. The van der Waals surface area contributed by atoms with E-state index in [4.69, 9.17) is 4.42 Å². The van der Waals surface area contributed by atoms with E-state index in [9.17, 15) is 9.59 Å². The molecule has 0 saturated heterocycles. The molecule has 1 amide bonds. The fraction of sp³-hybridized carbons (Fsp3) is 0.0625. The van der Waals surface area contributed by atoms with Crippen LogP contribution in [0, 0.1) is 0 Å². The second-order valence-electron chi connectivity index (χ2n) is 5.21. The van der Waals surface area contributed by atoms with Crippen LogP contribution in [0.5, 0.6) is 0 Å². The first-order chi connectivity index (χ1) is 12.2. The molecule has 0 fully saturated rings. The lowest BCUT2D eigenvalue weighted by Gasteiger charge is -2.06. The van der Waals surface area contributed by atoms with Crippen LogP contribution < -0.4 is 11.1 Å². The number of nitrogens with zero attached hydrogens (tertiary/aromatic N) is 5. The van der Waals surface area contributed by atoms with E-state index in [1.54, 1.807) is 47.6 Å². The van der Waals surface area contributed by atoms with E-state index in [0.29, 0.717) is 22.7 Å². The number of fused-ring (bicyclic) bond motifs is 1. The van der Waals surface area contributed by atoms with Crippen LogP contribution in [0.1, 0.15) is 0 Å². The molecule has 3 aromatic heterocycles. The molecule has 0 atom stereocenters. The number of amides is 1. The lowest BCUT2D eigenvalue weighted by molar-refractivity contribution is -0.116. The van der Waals surface area contributed by atoms with Gasteiger partial charge in [-0.2, -0.15) is 0 Å². The SMILES string of the molecule is O=C(Cn1c(=O)oc2ccccc21)Nc1cnc(-n2ccnc2)nc1. The number of rotatable bonds is 4. The van der Waals surface area contributed by atoms with Crippen molar-refractivity contribution in [3.63, 3.8) is 0 Å². The summed E-state index contributed by atoms with van der Waals surface area (Å²) in [6.07, 6.45) is 7.87. The van der Waals surface area contributed by atoms with Gasteiger partial charge in [-0.25, -0.2) is 19.7 Å². The van der Waals surface area contributed by atoms with Gasteiger partial charge in [0.25, 0.3) is 0 Å². The summed E-state index contributed by atoms with van der Waals surface area (Å²) in [6, 6.07) is 6.92. The number of imidazole rings is 1. The predicted octanol–water partition coefficient (Wildman–Crippen LogP) is 1.21. The normalized spacial score (nSPS) is 10.9. The number of hydrogen-bond acceptors (Lipinski definition) is 6. The van der Waals surface area contributed by atoms with Crippen LogP contribution in [0.4, 0.5) is 5.69 Å². The van der Waals surface area contributed by atoms with Gasteiger partial charge in [0.15, 0.2) is 5.58 Å². The van der Waals surface area contributed by atoms with Crippen molar-refractivity contribution in [2.75, 3.05) is 5.32 Å². The van der Waals surface area contributed by atoms with Crippen molar-refractivity contribution in [3.05, 3.63) is 65.9 Å².